The Balaban J connectivity index is 2.94. The highest BCUT2D eigenvalue weighted by molar-refractivity contribution is 4.85. The van der Waals surface area contributed by atoms with Gasteiger partial charge < -0.3 is 0 Å². The van der Waals surface area contributed by atoms with E-state index in [0.29, 0.717) is 0 Å². The molecule has 0 rings (SSSR count). The van der Waals surface area contributed by atoms with Crippen LogP contribution in [0.1, 0.15) is 32.6 Å². The molecular weight excluding hydrogens is 120 g/mol. The van der Waals surface area contributed by atoms with Gasteiger partial charge in [-0.1, -0.05) is 25.2 Å². The molecule has 0 nitrogen and oxygen atoms in total. The lowest BCUT2D eigenvalue weighted by atomic mass is 10.2. The van der Waals surface area contributed by atoms with Gasteiger partial charge in [0.2, 0.25) is 0 Å². The van der Waals surface area contributed by atoms with Gasteiger partial charge >= 0.3 is 0 Å². The number of allylic oxidation sites excluding steroid dienone is 3. The maximum absolute atomic E-state index is 3.66. The van der Waals surface area contributed by atoms with Crippen molar-refractivity contribution in [3.63, 3.8) is 0 Å². The fourth-order valence-electron chi connectivity index (χ4n) is 0.730. The Morgan fingerprint density at radius 2 is 2.00 bits per heavy atom. The molecule has 0 aliphatic heterocycles. The summed E-state index contributed by atoms with van der Waals surface area (Å²) in [5.74, 6) is 0. The third kappa shape index (κ3) is 7.48. The van der Waals surface area contributed by atoms with E-state index >= 15 is 0 Å². The fraction of sp³-hybridized carbons (Fsp3) is 0.500. The van der Waals surface area contributed by atoms with E-state index in [2.05, 4.69) is 32.1 Å². The number of hydrogen-bond acceptors (Lipinski definition) is 0. The van der Waals surface area contributed by atoms with Crippen molar-refractivity contribution < 1.29 is 0 Å². The lowest BCUT2D eigenvalue weighted by molar-refractivity contribution is 0.866. The zero-order valence-corrected chi connectivity index (χ0v) is 6.84. The van der Waals surface area contributed by atoms with Crippen LogP contribution >= 0.6 is 0 Å². The summed E-state index contributed by atoms with van der Waals surface area (Å²) in [6, 6.07) is 0. The predicted molar refractivity (Wildman–Crippen MR) is 47.8 cm³/mol. The van der Waals surface area contributed by atoms with Crippen LogP contribution in [-0.4, -0.2) is 0 Å². The first kappa shape index (κ1) is 9.48. The van der Waals surface area contributed by atoms with Crippen molar-refractivity contribution in [2.24, 2.45) is 0 Å². The molecule has 57 valence electrons. The average Bonchev–Trinajstić information content (AvgIpc) is 1.97. The Hall–Kier alpha value is -0.520. The smallest absolute Gasteiger partial charge is 0.0322 e. The van der Waals surface area contributed by atoms with Crippen LogP contribution in [0.15, 0.2) is 24.8 Å². The van der Waals surface area contributed by atoms with E-state index < -0.39 is 0 Å². The number of hydrogen-bond donors (Lipinski definition) is 0. The van der Waals surface area contributed by atoms with Gasteiger partial charge in [0.25, 0.3) is 0 Å². The lowest BCUT2D eigenvalue weighted by Gasteiger charge is -1.88. The van der Waals surface area contributed by atoms with Gasteiger partial charge in [-0.05, 0) is 32.1 Å². The Bertz CT molecular complexity index is 90.2. The van der Waals surface area contributed by atoms with E-state index in [9.17, 15) is 0 Å². The van der Waals surface area contributed by atoms with Gasteiger partial charge in [0.05, 0.1) is 0 Å². The van der Waals surface area contributed by atoms with Crippen molar-refractivity contribution in [3.8, 4) is 0 Å². The van der Waals surface area contributed by atoms with Gasteiger partial charge in [-0.3, -0.25) is 0 Å². The first-order valence-corrected chi connectivity index (χ1v) is 3.95. The molecule has 0 aromatic heterocycles. The molecule has 0 heteroatoms. The average molecular weight is 137 g/mol. The van der Waals surface area contributed by atoms with E-state index in [1.54, 1.807) is 0 Å². The largest absolute Gasteiger partial charge is 0.103 e. The summed E-state index contributed by atoms with van der Waals surface area (Å²) in [7, 11) is 0. The van der Waals surface area contributed by atoms with E-state index in [4.69, 9.17) is 0 Å². The highest BCUT2D eigenvalue weighted by Crippen LogP contribution is 1.98. The summed E-state index contributed by atoms with van der Waals surface area (Å²) in [5, 5.41) is 0. The minimum Gasteiger partial charge on any atom is -0.103 e. The van der Waals surface area contributed by atoms with Crippen molar-refractivity contribution in [1.82, 2.24) is 0 Å². The van der Waals surface area contributed by atoms with Crippen molar-refractivity contribution in [2.75, 3.05) is 0 Å². The van der Waals surface area contributed by atoms with Gasteiger partial charge in [-0.2, -0.15) is 0 Å². The normalized spacial score (nSPS) is 10.5. The van der Waals surface area contributed by atoms with Crippen molar-refractivity contribution in [1.29, 1.82) is 0 Å². The summed E-state index contributed by atoms with van der Waals surface area (Å²) < 4.78 is 0. The van der Waals surface area contributed by atoms with Gasteiger partial charge in [0, 0.05) is 0 Å². The highest BCUT2D eigenvalue weighted by atomic mass is 13.8. The second kappa shape index (κ2) is 8.48. The Morgan fingerprint density at radius 3 is 2.60 bits per heavy atom. The van der Waals surface area contributed by atoms with Crippen molar-refractivity contribution in [3.05, 3.63) is 31.2 Å². The minimum absolute atomic E-state index is 1.11. The maximum atomic E-state index is 3.66. The van der Waals surface area contributed by atoms with Crippen LogP contribution in [0.25, 0.3) is 0 Å². The van der Waals surface area contributed by atoms with Crippen molar-refractivity contribution in [2.45, 2.75) is 32.6 Å². The first-order valence-electron chi connectivity index (χ1n) is 3.95. The number of rotatable bonds is 6. The van der Waals surface area contributed by atoms with E-state index in [0.717, 1.165) is 12.8 Å². The second-order valence-electron chi connectivity index (χ2n) is 2.33. The molecule has 0 heterocycles. The van der Waals surface area contributed by atoms with Gasteiger partial charge in [0.1, 0.15) is 0 Å². The SMILES string of the molecule is C=CCCC/C=C/C[CH]C. The zero-order chi connectivity index (χ0) is 7.66. The van der Waals surface area contributed by atoms with Crippen LogP contribution in [-0.2, 0) is 0 Å². The molecule has 0 aliphatic rings. The molecule has 0 aliphatic carbocycles. The quantitative estimate of drug-likeness (QED) is 0.388. The van der Waals surface area contributed by atoms with E-state index in [1.165, 1.54) is 12.8 Å². The van der Waals surface area contributed by atoms with Gasteiger partial charge in [-0.25, -0.2) is 0 Å². The molecule has 0 saturated carbocycles. The molecule has 0 fully saturated rings. The van der Waals surface area contributed by atoms with Gasteiger partial charge in [0.15, 0.2) is 0 Å². The fourth-order valence-corrected chi connectivity index (χ4v) is 0.730. The molecule has 10 heavy (non-hydrogen) atoms. The molecule has 0 spiro atoms. The molecule has 0 N–H and O–H groups in total. The third-order valence-electron chi connectivity index (χ3n) is 1.32. The topological polar surface area (TPSA) is 0 Å². The summed E-state index contributed by atoms with van der Waals surface area (Å²) in [6.45, 7) is 5.74. The highest BCUT2D eigenvalue weighted by Gasteiger charge is 1.78. The zero-order valence-electron chi connectivity index (χ0n) is 6.84. The predicted octanol–water partition coefficient (Wildman–Crippen LogP) is 3.51. The van der Waals surface area contributed by atoms with Gasteiger partial charge in [-0.15, -0.1) is 6.58 Å². The molecule has 0 aromatic rings. The summed E-state index contributed by atoms with van der Waals surface area (Å²) >= 11 is 0. The van der Waals surface area contributed by atoms with Crippen LogP contribution in [0.4, 0.5) is 0 Å². The monoisotopic (exact) mass is 137 g/mol. The van der Waals surface area contributed by atoms with Crippen LogP contribution in [0.3, 0.4) is 0 Å². The minimum atomic E-state index is 1.11. The van der Waals surface area contributed by atoms with E-state index in [1.807, 2.05) is 6.08 Å². The lowest BCUT2D eigenvalue weighted by Crippen LogP contribution is -1.68. The van der Waals surface area contributed by atoms with Crippen LogP contribution in [0.5, 0.6) is 0 Å². The Morgan fingerprint density at radius 1 is 1.20 bits per heavy atom. The summed E-state index contributed by atoms with van der Waals surface area (Å²) in [4.78, 5) is 0. The molecule has 1 radical (unpaired) electrons. The molecular formula is C10H17. The summed E-state index contributed by atoms with van der Waals surface area (Å²) in [5.41, 5.74) is 0. The third-order valence-corrected chi connectivity index (χ3v) is 1.32. The first-order chi connectivity index (χ1) is 4.91. The Kier molecular flexibility index (Phi) is 8.04. The molecule has 0 bridgehead atoms. The van der Waals surface area contributed by atoms with E-state index in [-0.39, 0.29) is 0 Å². The van der Waals surface area contributed by atoms with Crippen LogP contribution in [0, 0.1) is 6.42 Å². The molecule has 0 atom stereocenters. The molecule has 0 amide bonds. The Labute approximate surface area is 64.6 Å². The molecule has 0 aromatic carbocycles. The summed E-state index contributed by atoms with van der Waals surface area (Å²) in [6.07, 6.45) is 13.3. The second-order valence-corrected chi connectivity index (χ2v) is 2.33. The molecule has 0 unspecified atom stereocenters. The molecule has 0 saturated heterocycles. The maximum Gasteiger partial charge on any atom is -0.0322 e. The standard InChI is InChI=1S/C10H17/c1-3-5-7-9-10-8-6-4-2/h3-4,8,10H,1,5-7,9H2,2H3/b10-8+. The van der Waals surface area contributed by atoms with Crippen LogP contribution in [0.2, 0.25) is 0 Å². The van der Waals surface area contributed by atoms with Crippen LogP contribution < -0.4 is 0 Å². The van der Waals surface area contributed by atoms with Crippen molar-refractivity contribution >= 4 is 0 Å². The number of unbranched alkanes of at least 4 members (excludes halogenated alkanes) is 3.